The topological polar surface area (TPSA) is 12.0 Å². The van der Waals surface area contributed by atoms with Crippen molar-refractivity contribution in [2.45, 2.75) is 12.8 Å². The molecule has 1 atom stereocenters. The van der Waals surface area contributed by atoms with E-state index >= 15 is 0 Å². The predicted octanol–water partition coefficient (Wildman–Crippen LogP) is 1.17. The van der Waals surface area contributed by atoms with Gasteiger partial charge in [-0.2, -0.15) is 0 Å². The molecule has 1 rings (SSSR count). The Morgan fingerprint density at radius 2 is 2.62 bits per heavy atom. The Hall–Kier alpha value is -0.300. The van der Waals surface area contributed by atoms with Gasteiger partial charge in [0.2, 0.25) is 0 Å². The highest BCUT2D eigenvalue weighted by atomic mass is 14.9. The number of hydrogen-bond acceptors (Lipinski definition) is 1. The molecule has 1 nitrogen and oxygen atoms in total. The van der Waals surface area contributed by atoms with Crippen LogP contribution < -0.4 is 5.32 Å². The van der Waals surface area contributed by atoms with Crippen molar-refractivity contribution in [3.63, 3.8) is 0 Å². The van der Waals surface area contributed by atoms with Crippen LogP contribution in [-0.4, -0.2) is 13.1 Å². The van der Waals surface area contributed by atoms with Crippen molar-refractivity contribution < 1.29 is 0 Å². The van der Waals surface area contributed by atoms with Gasteiger partial charge in [0.15, 0.2) is 0 Å². The summed E-state index contributed by atoms with van der Waals surface area (Å²) in [7, 11) is 0. The van der Waals surface area contributed by atoms with E-state index in [0.29, 0.717) is 0 Å². The van der Waals surface area contributed by atoms with Crippen molar-refractivity contribution in [3.8, 4) is 0 Å². The number of rotatable bonds is 2. The Morgan fingerprint density at radius 1 is 1.75 bits per heavy atom. The Kier molecular flexibility index (Phi) is 2.10. The lowest BCUT2D eigenvalue weighted by molar-refractivity contribution is 0.593. The fraction of sp³-hybridized carbons (Fsp3) is 0.714. The maximum atomic E-state index is 3.70. The molecule has 0 aromatic rings. The molecule has 0 saturated carbocycles. The van der Waals surface area contributed by atoms with Crippen LogP contribution in [-0.2, 0) is 0 Å². The summed E-state index contributed by atoms with van der Waals surface area (Å²) in [5.74, 6) is 0.882. The fourth-order valence-corrected chi connectivity index (χ4v) is 1.15. The maximum absolute atomic E-state index is 3.70. The first-order valence-corrected chi connectivity index (χ1v) is 3.25. The Balaban J connectivity index is 2.14. The van der Waals surface area contributed by atoms with E-state index in [9.17, 15) is 0 Å². The number of allylic oxidation sites excluding steroid dienone is 1. The van der Waals surface area contributed by atoms with E-state index in [0.717, 1.165) is 5.92 Å². The molecule has 1 aliphatic rings. The lowest BCUT2D eigenvalue weighted by Crippen LogP contribution is -2.07. The van der Waals surface area contributed by atoms with Crippen molar-refractivity contribution in [3.05, 3.63) is 12.7 Å². The summed E-state index contributed by atoms with van der Waals surface area (Å²) in [6.07, 6.45) is 4.54. The van der Waals surface area contributed by atoms with Crippen LogP contribution in [0.1, 0.15) is 12.8 Å². The molecule has 0 bridgehead atoms. The normalized spacial score (nSPS) is 28.2. The lowest BCUT2D eigenvalue weighted by Gasteiger charge is -2.00. The molecule has 0 radical (unpaired) electrons. The van der Waals surface area contributed by atoms with Crippen molar-refractivity contribution in [2.75, 3.05) is 13.1 Å². The highest BCUT2D eigenvalue weighted by Gasteiger charge is 2.11. The number of nitrogens with one attached hydrogen (secondary N) is 1. The van der Waals surface area contributed by atoms with Gasteiger partial charge in [-0.3, -0.25) is 0 Å². The second-order valence-electron chi connectivity index (χ2n) is 2.38. The van der Waals surface area contributed by atoms with Crippen molar-refractivity contribution in [1.29, 1.82) is 0 Å². The SMILES string of the molecule is C=CC[C@H]1CCNC1. The van der Waals surface area contributed by atoms with Crippen LogP contribution in [0, 0.1) is 5.92 Å². The third-order valence-corrected chi connectivity index (χ3v) is 1.66. The van der Waals surface area contributed by atoms with Crippen LogP contribution in [0.2, 0.25) is 0 Å². The molecular formula is C7H13N. The van der Waals surface area contributed by atoms with Gasteiger partial charge >= 0.3 is 0 Å². The molecule has 46 valence electrons. The van der Waals surface area contributed by atoms with Gasteiger partial charge in [0.25, 0.3) is 0 Å². The Bertz CT molecular complexity index is 72.5. The minimum atomic E-state index is 0.882. The summed E-state index contributed by atoms with van der Waals surface area (Å²) in [5, 5.41) is 3.31. The third kappa shape index (κ3) is 1.34. The highest BCUT2D eigenvalue weighted by molar-refractivity contribution is 4.78. The fourth-order valence-electron chi connectivity index (χ4n) is 1.15. The summed E-state index contributed by atoms with van der Waals surface area (Å²) in [6.45, 7) is 6.10. The first-order chi connectivity index (χ1) is 3.93. The molecule has 1 aliphatic heterocycles. The monoisotopic (exact) mass is 111 g/mol. The van der Waals surface area contributed by atoms with Gasteiger partial charge in [-0.05, 0) is 31.8 Å². The smallest absolute Gasteiger partial charge is 0.00171 e. The maximum Gasteiger partial charge on any atom is -0.00171 e. The molecule has 1 fully saturated rings. The molecule has 8 heavy (non-hydrogen) atoms. The average Bonchev–Trinajstić information content (AvgIpc) is 2.19. The van der Waals surface area contributed by atoms with Crippen LogP contribution in [0.25, 0.3) is 0 Å². The van der Waals surface area contributed by atoms with E-state index in [1.165, 1.54) is 25.9 Å². The molecule has 0 aromatic carbocycles. The van der Waals surface area contributed by atoms with E-state index in [4.69, 9.17) is 0 Å². The van der Waals surface area contributed by atoms with Crippen molar-refractivity contribution in [2.24, 2.45) is 5.92 Å². The zero-order valence-corrected chi connectivity index (χ0v) is 5.19. The lowest BCUT2D eigenvalue weighted by atomic mass is 10.1. The minimum Gasteiger partial charge on any atom is -0.316 e. The van der Waals surface area contributed by atoms with Gasteiger partial charge < -0.3 is 5.32 Å². The van der Waals surface area contributed by atoms with Gasteiger partial charge in [0, 0.05) is 0 Å². The van der Waals surface area contributed by atoms with Gasteiger partial charge in [-0.25, -0.2) is 0 Å². The van der Waals surface area contributed by atoms with Crippen LogP contribution in [0.4, 0.5) is 0 Å². The van der Waals surface area contributed by atoms with Crippen LogP contribution in [0.15, 0.2) is 12.7 Å². The molecule has 1 saturated heterocycles. The third-order valence-electron chi connectivity index (χ3n) is 1.66. The first-order valence-electron chi connectivity index (χ1n) is 3.25. The van der Waals surface area contributed by atoms with Crippen LogP contribution in [0.3, 0.4) is 0 Å². The van der Waals surface area contributed by atoms with Crippen molar-refractivity contribution >= 4 is 0 Å². The quantitative estimate of drug-likeness (QED) is 0.527. The Morgan fingerprint density at radius 3 is 3.12 bits per heavy atom. The minimum absolute atomic E-state index is 0.882. The Labute approximate surface area is 50.8 Å². The van der Waals surface area contributed by atoms with Gasteiger partial charge in [-0.15, -0.1) is 6.58 Å². The van der Waals surface area contributed by atoms with Crippen LogP contribution >= 0.6 is 0 Å². The average molecular weight is 111 g/mol. The molecule has 1 N–H and O–H groups in total. The van der Waals surface area contributed by atoms with Crippen molar-refractivity contribution in [1.82, 2.24) is 5.32 Å². The summed E-state index contributed by atoms with van der Waals surface area (Å²) < 4.78 is 0. The summed E-state index contributed by atoms with van der Waals surface area (Å²) >= 11 is 0. The van der Waals surface area contributed by atoms with Gasteiger partial charge in [0.05, 0.1) is 0 Å². The molecular weight excluding hydrogens is 98.1 g/mol. The largest absolute Gasteiger partial charge is 0.316 e. The van der Waals surface area contributed by atoms with E-state index in [1.807, 2.05) is 6.08 Å². The highest BCUT2D eigenvalue weighted by Crippen LogP contribution is 2.11. The van der Waals surface area contributed by atoms with E-state index < -0.39 is 0 Å². The first kappa shape index (κ1) is 5.83. The summed E-state index contributed by atoms with van der Waals surface area (Å²) in [6, 6.07) is 0. The summed E-state index contributed by atoms with van der Waals surface area (Å²) in [4.78, 5) is 0. The number of hydrogen-bond donors (Lipinski definition) is 1. The standard InChI is InChI=1S/C7H13N/c1-2-3-7-4-5-8-6-7/h2,7-8H,1,3-6H2/t7-/m0/s1. The second kappa shape index (κ2) is 2.88. The van der Waals surface area contributed by atoms with E-state index in [-0.39, 0.29) is 0 Å². The molecule has 0 aliphatic carbocycles. The molecule has 0 aromatic heterocycles. The summed E-state index contributed by atoms with van der Waals surface area (Å²) in [5.41, 5.74) is 0. The second-order valence-corrected chi connectivity index (χ2v) is 2.38. The van der Waals surface area contributed by atoms with E-state index in [2.05, 4.69) is 11.9 Å². The molecule has 1 heteroatoms. The molecule has 0 amide bonds. The van der Waals surface area contributed by atoms with E-state index in [1.54, 1.807) is 0 Å². The molecule has 0 spiro atoms. The molecule has 1 heterocycles. The van der Waals surface area contributed by atoms with Gasteiger partial charge in [0.1, 0.15) is 0 Å². The zero-order chi connectivity index (χ0) is 5.82. The molecule has 0 unspecified atom stereocenters. The zero-order valence-electron chi connectivity index (χ0n) is 5.19. The van der Waals surface area contributed by atoms with Crippen LogP contribution in [0.5, 0.6) is 0 Å². The predicted molar refractivity (Wildman–Crippen MR) is 35.8 cm³/mol. The van der Waals surface area contributed by atoms with Gasteiger partial charge in [-0.1, -0.05) is 6.08 Å².